The Bertz CT molecular complexity index is 329. The van der Waals surface area contributed by atoms with Crippen molar-refractivity contribution in [1.29, 1.82) is 0 Å². The molecule has 0 unspecified atom stereocenters. The van der Waals surface area contributed by atoms with Gasteiger partial charge in [-0.3, -0.25) is 0 Å². The number of hydrogen-bond acceptors (Lipinski definition) is 2. The highest BCUT2D eigenvalue weighted by Gasteiger charge is 2.29. The molecule has 0 bridgehead atoms. The Kier molecular flexibility index (Phi) is 1.81. The lowest BCUT2D eigenvalue weighted by Gasteiger charge is -2.17. The average molecular weight is 176 g/mol. The fourth-order valence-electron chi connectivity index (χ4n) is 1.84. The third kappa shape index (κ3) is 1.31. The van der Waals surface area contributed by atoms with Crippen molar-refractivity contribution in [3.63, 3.8) is 0 Å². The second-order valence-corrected chi connectivity index (χ2v) is 4.32. The van der Waals surface area contributed by atoms with Crippen molar-refractivity contribution in [2.24, 2.45) is 5.73 Å². The van der Waals surface area contributed by atoms with E-state index in [4.69, 9.17) is 5.73 Å². The van der Waals surface area contributed by atoms with Gasteiger partial charge in [-0.15, -0.1) is 0 Å². The predicted octanol–water partition coefficient (Wildman–Crippen LogP) is 1.85. The molecule has 1 heterocycles. The Labute approximate surface area is 79.1 Å². The molecule has 70 valence electrons. The van der Waals surface area contributed by atoms with Crippen molar-refractivity contribution in [2.75, 3.05) is 11.9 Å². The normalized spacial score (nSPS) is 18.1. The van der Waals surface area contributed by atoms with Crippen molar-refractivity contribution in [3.8, 4) is 0 Å². The minimum Gasteiger partial charge on any atom is -0.384 e. The zero-order valence-electron chi connectivity index (χ0n) is 8.22. The van der Waals surface area contributed by atoms with Crippen molar-refractivity contribution in [1.82, 2.24) is 0 Å². The molecule has 1 aromatic rings. The molecule has 1 aromatic carbocycles. The van der Waals surface area contributed by atoms with E-state index in [1.54, 1.807) is 0 Å². The number of benzene rings is 1. The molecule has 0 amide bonds. The molecule has 0 aliphatic carbocycles. The van der Waals surface area contributed by atoms with Gasteiger partial charge in [-0.2, -0.15) is 0 Å². The molecule has 0 saturated carbocycles. The molecule has 0 fully saturated rings. The summed E-state index contributed by atoms with van der Waals surface area (Å²) in [6.45, 7) is 6.16. The van der Waals surface area contributed by atoms with E-state index >= 15 is 0 Å². The number of nitrogens with one attached hydrogen (secondary N) is 1. The van der Waals surface area contributed by atoms with E-state index in [-0.39, 0.29) is 5.41 Å². The van der Waals surface area contributed by atoms with E-state index in [1.165, 1.54) is 16.8 Å². The molecule has 13 heavy (non-hydrogen) atoms. The minimum atomic E-state index is 0.251. The van der Waals surface area contributed by atoms with Crippen LogP contribution >= 0.6 is 0 Å². The van der Waals surface area contributed by atoms with Gasteiger partial charge >= 0.3 is 0 Å². The van der Waals surface area contributed by atoms with Crippen LogP contribution < -0.4 is 11.1 Å². The van der Waals surface area contributed by atoms with Gasteiger partial charge in [0.15, 0.2) is 0 Å². The van der Waals surface area contributed by atoms with Crippen LogP contribution in [0.3, 0.4) is 0 Å². The predicted molar refractivity (Wildman–Crippen MR) is 55.8 cm³/mol. The van der Waals surface area contributed by atoms with Crippen LogP contribution in [0.15, 0.2) is 18.2 Å². The van der Waals surface area contributed by atoms with Crippen LogP contribution in [-0.2, 0) is 12.0 Å². The highest BCUT2D eigenvalue weighted by atomic mass is 14.9. The van der Waals surface area contributed by atoms with Crippen LogP contribution in [0.2, 0.25) is 0 Å². The fraction of sp³-hybridized carbons (Fsp3) is 0.455. The van der Waals surface area contributed by atoms with Crippen LogP contribution in [0.5, 0.6) is 0 Å². The zero-order valence-corrected chi connectivity index (χ0v) is 8.22. The molecular weight excluding hydrogens is 160 g/mol. The molecule has 2 heteroatoms. The number of fused-ring (bicyclic) bond motifs is 1. The van der Waals surface area contributed by atoms with Gasteiger partial charge in [0, 0.05) is 24.2 Å². The Morgan fingerprint density at radius 2 is 2.23 bits per heavy atom. The zero-order chi connectivity index (χ0) is 9.47. The summed E-state index contributed by atoms with van der Waals surface area (Å²) in [4.78, 5) is 0. The first-order valence-electron chi connectivity index (χ1n) is 4.71. The van der Waals surface area contributed by atoms with Crippen LogP contribution in [0.4, 0.5) is 5.69 Å². The molecule has 1 aliphatic rings. The second-order valence-electron chi connectivity index (χ2n) is 4.32. The molecule has 0 saturated heterocycles. The lowest BCUT2D eigenvalue weighted by Crippen LogP contribution is -2.19. The van der Waals surface area contributed by atoms with Crippen LogP contribution in [0.1, 0.15) is 25.0 Å². The summed E-state index contributed by atoms with van der Waals surface area (Å²) >= 11 is 0. The maximum Gasteiger partial charge on any atom is 0.0379 e. The third-order valence-corrected chi connectivity index (χ3v) is 2.77. The Morgan fingerprint density at radius 1 is 1.46 bits per heavy atom. The van der Waals surface area contributed by atoms with Crippen molar-refractivity contribution < 1.29 is 0 Å². The first-order chi connectivity index (χ1) is 6.13. The quantitative estimate of drug-likeness (QED) is 0.685. The van der Waals surface area contributed by atoms with Crippen LogP contribution in [-0.4, -0.2) is 6.54 Å². The van der Waals surface area contributed by atoms with Gasteiger partial charge in [-0.1, -0.05) is 26.0 Å². The summed E-state index contributed by atoms with van der Waals surface area (Å²) in [7, 11) is 0. The molecular formula is C11H16N2. The third-order valence-electron chi connectivity index (χ3n) is 2.77. The summed E-state index contributed by atoms with van der Waals surface area (Å²) in [5, 5.41) is 3.40. The van der Waals surface area contributed by atoms with Gasteiger partial charge in [0.05, 0.1) is 0 Å². The van der Waals surface area contributed by atoms with E-state index < -0.39 is 0 Å². The van der Waals surface area contributed by atoms with Gasteiger partial charge in [0.1, 0.15) is 0 Å². The standard InChI is InChI=1S/C11H16N2/c1-11(2)7-13-10-4-3-8(6-12)5-9(10)11/h3-5,13H,6-7,12H2,1-2H3. The van der Waals surface area contributed by atoms with E-state index in [1.807, 2.05) is 0 Å². The number of hydrogen-bond donors (Lipinski definition) is 2. The highest BCUT2D eigenvalue weighted by Crippen LogP contribution is 2.36. The smallest absolute Gasteiger partial charge is 0.0379 e. The summed E-state index contributed by atoms with van der Waals surface area (Å²) in [6, 6.07) is 6.44. The Morgan fingerprint density at radius 3 is 2.92 bits per heavy atom. The van der Waals surface area contributed by atoms with E-state index in [0.29, 0.717) is 6.54 Å². The number of anilines is 1. The van der Waals surface area contributed by atoms with Crippen molar-refractivity contribution >= 4 is 5.69 Å². The molecule has 3 N–H and O–H groups in total. The molecule has 1 aliphatic heterocycles. The van der Waals surface area contributed by atoms with Gasteiger partial charge in [-0.25, -0.2) is 0 Å². The highest BCUT2D eigenvalue weighted by molar-refractivity contribution is 5.60. The van der Waals surface area contributed by atoms with Gasteiger partial charge in [0.25, 0.3) is 0 Å². The SMILES string of the molecule is CC1(C)CNc2ccc(CN)cc21. The lowest BCUT2D eigenvalue weighted by atomic mass is 9.86. The average Bonchev–Trinajstić information content (AvgIpc) is 2.42. The van der Waals surface area contributed by atoms with Gasteiger partial charge < -0.3 is 11.1 Å². The Hall–Kier alpha value is -1.02. The van der Waals surface area contributed by atoms with Crippen molar-refractivity contribution in [2.45, 2.75) is 25.8 Å². The molecule has 0 radical (unpaired) electrons. The Balaban J connectivity index is 2.50. The topological polar surface area (TPSA) is 38.0 Å². The monoisotopic (exact) mass is 176 g/mol. The van der Waals surface area contributed by atoms with Gasteiger partial charge in [0.2, 0.25) is 0 Å². The summed E-state index contributed by atoms with van der Waals surface area (Å²) < 4.78 is 0. The number of rotatable bonds is 1. The van der Waals surface area contributed by atoms with E-state index in [0.717, 1.165) is 6.54 Å². The summed E-state index contributed by atoms with van der Waals surface area (Å²) in [5.74, 6) is 0. The second kappa shape index (κ2) is 2.74. The van der Waals surface area contributed by atoms with Crippen LogP contribution in [0.25, 0.3) is 0 Å². The molecule has 0 spiro atoms. The number of nitrogens with two attached hydrogens (primary N) is 1. The van der Waals surface area contributed by atoms with E-state index in [9.17, 15) is 0 Å². The molecule has 2 nitrogen and oxygen atoms in total. The van der Waals surface area contributed by atoms with E-state index in [2.05, 4.69) is 37.4 Å². The lowest BCUT2D eigenvalue weighted by molar-refractivity contribution is 0.585. The minimum absolute atomic E-state index is 0.251. The molecule has 2 rings (SSSR count). The fourth-order valence-corrected chi connectivity index (χ4v) is 1.84. The first kappa shape index (κ1) is 8.57. The molecule has 0 aromatic heterocycles. The largest absolute Gasteiger partial charge is 0.384 e. The van der Waals surface area contributed by atoms with Crippen LogP contribution in [0, 0.1) is 0 Å². The molecule has 0 atom stereocenters. The van der Waals surface area contributed by atoms with Crippen molar-refractivity contribution in [3.05, 3.63) is 29.3 Å². The maximum absolute atomic E-state index is 5.61. The summed E-state index contributed by atoms with van der Waals surface area (Å²) in [6.07, 6.45) is 0. The van der Waals surface area contributed by atoms with Gasteiger partial charge in [-0.05, 0) is 17.2 Å². The maximum atomic E-state index is 5.61. The summed E-state index contributed by atoms with van der Waals surface area (Å²) in [5.41, 5.74) is 9.75. The first-order valence-corrected chi connectivity index (χ1v) is 4.71.